The predicted molar refractivity (Wildman–Crippen MR) is 112 cm³/mol. The molecular formula is C23H24FN3O2. The van der Waals surface area contributed by atoms with Crippen molar-refractivity contribution < 1.29 is 13.9 Å². The van der Waals surface area contributed by atoms with Crippen molar-refractivity contribution in [2.45, 2.75) is 0 Å². The fourth-order valence-electron chi connectivity index (χ4n) is 3.42. The first kappa shape index (κ1) is 19.2. The molecule has 1 aliphatic rings. The summed E-state index contributed by atoms with van der Waals surface area (Å²) >= 11 is 0. The van der Waals surface area contributed by atoms with Crippen LogP contribution in [0.4, 0.5) is 10.1 Å². The monoisotopic (exact) mass is 393 g/mol. The van der Waals surface area contributed by atoms with Crippen LogP contribution in [-0.4, -0.2) is 50.2 Å². The van der Waals surface area contributed by atoms with Gasteiger partial charge < -0.3 is 19.3 Å². The highest BCUT2D eigenvalue weighted by atomic mass is 19.1. The summed E-state index contributed by atoms with van der Waals surface area (Å²) in [6, 6.07) is 14.7. The van der Waals surface area contributed by atoms with E-state index in [0.29, 0.717) is 5.75 Å². The Morgan fingerprint density at radius 2 is 1.72 bits per heavy atom. The van der Waals surface area contributed by atoms with E-state index in [1.54, 1.807) is 24.5 Å². The summed E-state index contributed by atoms with van der Waals surface area (Å²) in [7, 11) is 3.60. The standard InChI is InChI=1S/C23H24FN3O2/c1-26-8-10-27(11-9-26)19-4-3-5-20(14-19)29-21-12-18(15-25-16-21)17-6-7-22(24)23(13-17)28-2/h3-7,12-16H,8-11H2,1-2H3. The van der Waals surface area contributed by atoms with Gasteiger partial charge in [-0.25, -0.2) is 4.39 Å². The van der Waals surface area contributed by atoms with E-state index in [2.05, 4.69) is 34.0 Å². The van der Waals surface area contributed by atoms with E-state index in [1.165, 1.54) is 13.2 Å². The van der Waals surface area contributed by atoms with E-state index in [1.807, 2.05) is 18.2 Å². The average Bonchev–Trinajstić information content (AvgIpc) is 2.75. The maximum Gasteiger partial charge on any atom is 0.165 e. The quantitative estimate of drug-likeness (QED) is 0.641. The van der Waals surface area contributed by atoms with Crippen LogP contribution in [0, 0.1) is 5.82 Å². The molecule has 0 atom stereocenters. The minimum Gasteiger partial charge on any atom is -0.494 e. The van der Waals surface area contributed by atoms with Crippen molar-refractivity contribution in [1.29, 1.82) is 0 Å². The Kier molecular flexibility index (Phi) is 5.62. The number of nitrogens with zero attached hydrogens (tertiary/aromatic N) is 3. The Morgan fingerprint density at radius 1 is 0.897 bits per heavy atom. The van der Waals surface area contributed by atoms with Crippen LogP contribution in [0.3, 0.4) is 0 Å². The number of likely N-dealkylation sites (N-methyl/N-ethyl adjacent to an activating group) is 1. The highest BCUT2D eigenvalue weighted by Gasteiger charge is 2.15. The Hall–Kier alpha value is -3.12. The lowest BCUT2D eigenvalue weighted by Gasteiger charge is -2.34. The fourth-order valence-corrected chi connectivity index (χ4v) is 3.42. The Balaban J connectivity index is 1.53. The third-order valence-corrected chi connectivity index (χ3v) is 5.12. The molecule has 150 valence electrons. The third-order valence-electron chi connectivity index (χ3n) is 5.12. The second-order valence-corrected chi connectivity index (χ2v) is 7.15. The van der Waals surface area contributed by atoms with Crippen molar-refractivity contribution >= 4 is 5.69 Å². The lowest BCUT2D eigenvalue weighted by molar-refractivity contribution is 0.313. The van der Waals surface area contributed by atoms with Gasteiger partial charge in [-0.05, 0) is 42.9 Å². The van der Waals surface area contributed by atoms with Gasteiger partial charge in [0.15, 0.2) is 11.6 Å². The normalized spacial score (nSPS) is 14.7. The summed E-state index contributed by atoms with van der Waals surface area (Å²) in [6.45, 7) is 4.11. The van der Waals surface area contributed by atoms with Crippen LogP contribution >= 0.6 is 0 Å². The van der Waals surface area contributed by atoms with E-state index in [9.17, 15) is 4.39 Å². The van der Waals surface area contributed by atoms with Crippen LogP contribution in [0.25, 0.3) is 11.1 Å². The van der Waals surface area contributed by atoms with Crippen LogP contribution in [-0.2, 0) is 0 Å². The molecule has 2 heterocycles. The largest absolute Gasteiger partial charge is 0.494 e. The van der Waals surface area contributed by atoms with Crippen LogP contribution in [0.5, 0.6) is 17.2 Å². The van der Waals surface area contributed by atoms with Gasteiger partial charge in [0.05, 0.1) is 13.3 Å². The van der Waals surface area contributed by atoms with E-state index in [4.69, 9.17) is 9.47 Å². The minimum atomic E-state index is -0.391. The lowest BCUT2D eigenvalue weighted by Crippen LogP contribution is -2.44. The first-order chi connectivity index (χ1) is 14.1. The number of pyridine rings is 1. The number of hydrogen-bond acceptors (Lipinski definition) is 5. The molecule has 29 heavy (non-hydrogen) atoms. The van der Waals surface area contributed by atoms with E-state index in [-0.39, 0.29) is 5.75 Å². The number of aromatic nitrogens is 1. The van der Waals surface area contributed by atoms with Crippen molar-refractivity contribution in [2.24, 2.45) is 0 Å². The van der Waals surface area contributed by atoms with Gasteiger partial charge in [0, 0.05) is 49.7 Å². The summed E-state index contributed by atoms with van der Waals surface area (Å²) < 4.78 is 24.8. The molecule has 6 heteroatoms. The number of hydrogen-bond donors (Lipinski definition) is 0. The third kappa shape index (κ3) is 4.49. The fraction of sp³-hybridized carbons (Fsp3) is 0.261. The molecule has 0 amide bonds. The molecule has 0 N–H and O–H groups in total. The maximum absolute atomic E-state index is 13.7. The molecular weight excluding hydrogens is 369 g/mol. The number of methoxy groups -OCH3 is 1. The molecule has 0 saturated carbocycles. The first-order valence-electron chi connectivity index (χ1n) is 9.63. The molecule has 1 saturated heterocycles. The highest BCUT2D eigenvalue weighted by Crippen LogP contribution is 2.31. The molecule has 1 aliphatic heterocycles. The Morgan fingerprint density at radius 3 is 2.52 bits per heavy atom. The van der Waals surface area contributed by atoms with Crippen LogP contribution in [0.15, 0.2) is 60.9 Å². The number of rotatable bonds is 5. The molecule has 4 rings (SSSR count). The van der Waals surface area contributed by atoms with E-state index in [0.717, 1.165) is 48.7 Å². The van der Waals surface area contributed by atoms with Gasteiger partial charge in [-0.2, -0.15) is 0 Å². The zero-order valence-electron chi connectivity index (χ0n) is 16.6. The van der Waals surface area contributed by atoms with Gasteiger partial charge in [-0.15, -0.1) is 0 Å². The molecule has 2 aromatic carbocycles. The number of halogens is 1. The molecule has 1 fully saturated rings. The van der Waals surface area contributed by atoms with Crippen molar-refractivity contribution in [1.82, 2.24) is 9.88 Å². The van der Waals surface area contributed by atoms with Gasteiger partial charge >= 0.3 is 0 Å². The molecule has 0 radical (unpaired) electrons. The van der Waals surface area contributed by atoms with Crippen molar-refractivity contribution in [3.05, 3.63) is 66.7 Å². The summed E-state index contributed by atoms with van der Waals surface area (Å²) in [5.74, 6) is 1.20. The smallest absolute Gasteiger partial charge is 0.165 e. The van der Waals surface area contributed by atoms with Gasteiger partial charge in [-0.1, -0.05) is 12.1 Å². The second kappa shape index (κ2) is 8.49. The summed E-state index contributed by atoms with van der Waals surface area (Å²) in [4.78, 5) is 8.98. The summed E-state index contributed by atoms with van der Waals surface area (Å²) in [5, 5.41) is 0. The maximum atomic E-state index is 13.7. The molecule has 5 nitrogen and oxygen atoms in total. The molecule has 0 bridgehead atoms. The molecule has 0 aliphatic carbocycles. The molecule has 1 aromatic heterocycles. The zero-order chi connectivity index (χ0) is 20.2. The topological polar surface area (TPSA) is 37.8 Å². The van der Waals surface area contributed by atoms with Gasteiger partial charge in [0.25, 0.3) is 0 Å². The summed E-state index contributed by atoms with van der Waals surface area (Å²) in [6.07, 6.45) is 3.40. The average molecular weight is 393 g/mol. The molecule has 3 aromatic rings. The second-order valence-electron chi connectivity index (χ2n) is 7.15. The van der Waals surface area contributed by atoms with E-state index >= 15 is 0 Å². The SMILES string of the molecule is COc1cc(-c2cncc(Oc3cccc(N4CCN(C)CC4)c3)c2)ccc1F. The first-order valence-corrected chi connectivity index (χ1v) is 9.63. The van der Waals surface area contributed by atoms with E-state index < -0.39 is 5.82 Å². The predicted octanol–water partition coefficient (Wildman–Crippen LogP) is 4.44. The summed E-state index contributed by atoms with van der Waals surface area (Å²) in [5.41, 5.74) is 2.80. The Labute approximate surface area is 170 Å². The van der Waals surface area contributed by atoms with Crippen LogP contribution in [0.1, 0.15) is 0 Å². The molecule has 0 spiro atoms. The Bertz CT molecular complexity index is 987. The van der Waals surface area contributed by atoms with Gasteiger partial charge in [-0.3, -0.25) is 4.98 Å². The lowest BCUT2D eigenvalue weighted by atomic mass is 10.1. The number of anilines is 1. The van der Waals surface area contributed by atoms with Crippen LogP contribution in [0.2, 0.25) is 0 Å². The number of piperazine rings is 1. The van der Waals surface area contributed by atoms with Gasteiger partial charge in [0.1, 0.15) is 11.5 Å². The van der Waals surface area contributed by atoms with Crippen LogP contribution < -0.4 is 14.4 Å². The zero-order valence-corrected chi connectivity index (χ0v) is 16.6. The number of ether oxygens (including phenoxy) is 2. The molecule has 0 unspecified atom stereocenters. The van der Waals surface area contributed by atoms with Crippen molar-refractivity contribution in [2.75, 3.05) is 45.2 Å². The minimum absolute atomic E-state index is 0.202. The highest BCUT2D eigenvalue weighted by molar-refractivity contribution is 5.66. The van der Waals surface area contributed by atoms with Crippen molar-refractivity contribution in [3.63, 3.8) is 0 Å². The van der Waals surface area contributed by atoms with Gasteiger partial charge in [0.2, 0.25) is 0 Å². The van der Waals surface area contributed by atoms with Crippen molar-refractivity contribution in [3.8, 4) is 28.4 Å². The number of benzene rings is 2.